The van der Waals surface area contributed by atoms with E-state index >= 15 is 0 Å². The Balaban J connectivity index is 1.82. The van der Waals surface area contributed by atoms with Gasteiger partial charge in [0.1, 0.15) is 0 Å². The maximum Gasteiger partial charge on any atom is 0.224 e. The Hall–Kier alpha value is -1.39. The summed E-state index contributed by atoms with van der Waals surface area (Å²) in [4.78, 5) is 16.7. The van der Waals surface area contributed by atoms with Crippen LogP contribution in [0.1, 0.15) is 31.4 Å². The molecule has 1 aliphatic heterocycles. The quantitative estimate of drug-likeness (QED) is 0.870. The molecule has 21 heavy (non-hydrogen) atoms. The zero-order valence-corrected chi connectivity index (χ0v) is 13.2. The summed E-state index contributed by atoms with van der Waals surface area (Å²) in [5, 5.41) is 0. The highest BCUT2D eigenvalue weighted by Gasteiger charge is 2.27. The average molecular weight is 289 g/mol. The van der Waals surface area contributed by atoms with Gasteiger partial charge in [-0.05, 0) is 31.5 Å². The molecule has 0 saturated carbocycles. The van der Waals surface area contributed by atoms with Crippen molar-refractivity contribution in [1.29, 1.82) is 0 Å². The molecule has 2 N–H and O–H groups in total. The number of nitrogens with zero attached hydrogens (tertiary/aromatic N) is 2. The summed E-state index contributed by atoms with van der Waals surface area (Å²) in [6, 6.07) is 9.67. The third-order valence-corrected chi connectivity index (χ3v) is 4.37. The Morgan fingerprint density at radius 3 is 2.81 bits per heavy atom. The smallest absolute Gasteiger partial charge is 0.224 e. The van der Waals surface area contributed by atoms with Gasteiger partial charge in [0, 0.05) is 32.1 Å². The standard InChI is InChI=1S/C17H27N3O/c1-3-19(2)12-14-9-10-20(13-14)17(21)11-16(18)15-7-5-4-6-8-15/h4-8,14,16H,3,9-13,18H2,1-2H3. The number of likely N-dealkylation sites (tertiary alicyclic amines) is 1. The molecule has 116 valence electrons. The Bertz CT molecular complexity index is 449. The maximum atomic E-state index is 12.4. The molecule has 0 aromatic heterocycles. The third-order valence-electron chi connectivity index (χ3n) is 4.37. The van der Waals surface area contributed by atoms with Gasteiger partial charge < -0.3 is 15.5 Å². The fourth-order valence-corrected chi connectivity index (χ4v) is 2.91. The monoisotopic (exact) mass is 289 g/mol. The average Bonchev–Trinajstić information content (AvgIpc) is 2.96. The molecule has 0 aliphatic carbocycles. The summed E-state index contributed by atoms with van der Waals surface area (Å²) in [6.45, 7) is 6.05. The van der Waals surface area contributed by atoms with Crippen LogP contribution in [-0.2, 0) is 4.79 Å². The van der Waals surface area contributed by atoms with Crippen LogP contribution >= 0.6 is 0 Å². The SMILES string of the molecule is CCN(C)CC1CCN(C(=O)CC(N)c2ccccc2)C1. The van der Waals surface area contributed by atoms with Gasteiger partial charge in [-0.3, -0.25) is 4.79 Å². The molecule has 1 saturated heterocycles. The first kappa shape index (κ1) is 16.0. The van der Waals surface area contributed by atoms with Crippen molar-refractivity contribution in [2.24, 2.45) is 11.7 Å². The summed E-state index contributed by atoms with van der Waals surface area (Å²) in [6.07, 6.45) is 1.51. The Morgan fingerprint density at radius 1 is 1.43 bits per heavy atom. The number of benzene rings is 1. The molecule has 0 spiro atoms. The van der Waals surface area contributed by atoms with E-state index in [4.69, 9.17) is 5.73 Å². The number of hydrogen-bond acceptors (Lipinski definition) is 3. The van der Waals surface area contributed by atoms with Gasteiger partial charge in [-0.1, -0.05) is 37.3 Å². The lowest BCUT2D eigenvalue weighted by atomic mass is 10.0. The van der Waals surface area contributed by atoms with Gasteiger partial charge in [-0.15, -0.1) is 0 Å². The van der Waals surface area contributed by atoms with E-state index in [9.17, 15) is 4.79 Å². The van der Waals surface area contributed by atoms with Crippen LogP contribution in [0.2, 0.25) is 0 Å². The fourth-order valence-electron chi connectivity index (χ4n) is 2.91. The Labute approximate surface area is 127 Å². The van der Waals surface area contributed by atoms with Crippen molar-refractivity contribution in [1.82, 2.24) is 9.80 Å². The van der Waals surface area contributed by atoms with Gasteiger partial charge in [0.15, 0.2) is 0 Å². The van der Waals surface area contributed by atoms with Crippen molar-refractivity contribution < 1.29 is 4.79 Å². The van der Waals surface area contributed by atoms with Crippen LogP contribution in [0.15, 0.2) is 30.3 Å². The Morgan fingerprint density at radius 2 is 2.14 bits per heavy atom. The summed E-state index contributed by atoms with van der Waals surface area (Å²) in [7, 11) is 2.13. The van der Waals surface area contributed by atoms with E-state index in [0.717, 1.165) is 38.2 Å². The first-order valence-electron chi connectivity index (χ1n) is 7.87. The molecule has 4 heteroatoms. The molecule has 2 atom stereocenters. The van der Waals surface area contributed by atoms with Crippen molar-refractivity contribution in [3.05, 3.63) is 35.9 Å². The molecule has 0 radical (unpaired) electrons. The van der Waals surface area contributed by atoms with Crippen LogP contribution in [-0.4, -0.2) is 48.9 Å². The molecule has 2 rings (SSSR count). The van der Waals surface area contributed by atoms with Crippen LogP contribution in [0.5, 0.6) is 0 Å². The van der Waals surface area contributed by atoms with Crippen LogP contribution in [0.3, 0.4) is 0 Å². The van der Waals surface area contributed by atoms with Gasteiger partial charge in [0.25, 0.3) is 0 Å². The van der Waals surface area contributed by atoms with Crippen molar-refractivity contribution in [2.45, 2.75) is 25.8 Å². The lowest BCUT2D eigenvalue weighted by molar-refractivity contribution is -0.130. The minimum atomic E-state index is -0.198. The number of carbonyl (C=O) groups excluding carboxylic acids is 1. The topological polar surface area (TPSA) is 49.6 Å². The minimum absolute atomic E-state index is 0.188. The van der Waals surface area contributed by atoms with Crippen molar-refractivity contribution in [3.8, 4) is 0 Å². The molecule has 1 heterocycles. The molecule has 1 aromatic carbocycles. The van der Waals surface area contributed by atoms with E-state index in [1.165, 1.54) is 0 Å². The van der Waals surface area contributed by atoms with E-state index in [1.54, 1.807) is 0 Å². The maximum absolute atomic E-state index is 12.4. The molecule has 1 amide bonds. The van der Waals surface area contributed by atoms with Gasteiger partial charge >= 0.3 is 0 Å². The molecule has 1 fully saturated rings. The normalized spacial score (nSPS) is 20.0. The second kappa shape index (κ2) is 7.57. The molecule has 4 nitrogen and oxygen atoms in total. The van der Waals surface area contributed by atoms with E-state index in [-0.39, 0.29) is 11.9 Å². The van der Waals surface area contributed by atoms with Crippen molar-refractivity contribution in [2.75, 3.05) is 33.2 Å². The van der Waals surface area contributed by atoms with Crippen LogP contribution in [0.25, 0.3) is 0 Å². The van der Waals surface area contributed by atoms with Crippen molar-refractivity contribution >= 4 is 5.91 Å². The zero-order valence-electron chi connectivity index (χ0n) is 13.2. The molecule has 1 aliphatic rings. The van der Waals surface area contributed by atoms with Crippen molar-refractivity contribution in [3.63, 3.8) is 0 Å². The van der Waals surface area contributed by atoms with Crippen LogP contribution in [0.4, 0.5) is 0 Å². The van der Waals surface area contributed by atoms with E-state index < -0.39 is 0 Å². The highest BCUT2D eigenvalue weighted by molar-refractivity contribution is 5.77. The minimum Gasteiger partial charge on any atom is -0.342 e. The summed E-state index contributed by atoms with van der Waals surface area (Å²) >= 11 is 0. The van der Waals surface area contributed by atoms with Crippen LogP contribution in [0, 0.1) is 5.92 Å². The number of hydrogen-bond donors (Lipinski definition) is 1. The van der Waals surface area contributed by atoms with E-state index in [2.05, 4.69) is 18.9 Å². The molecular formula is C17H27N3O. The number of rotatable bonds is 6. The molecule has 1 aromatic rings. The van der Waals surface area contributed by atoms with E-state index in [1.807, 2.05) is 35.2 Å². The zero-order chi connectivity index (χ0) is 15.2. The third kappa shape index (κ3) is 4.55. The predicted molar refractivity (Wildman–Crippen MR) is 85.8 cm³/mol. The first-order valence-corrected chi connectivity index (χ1v) is 7.87. The molecule has 2 unspecified atom stereocenters. The summed E-state index contributed by atoms with van der Waals surface area (Å²) < 4.78 is 0. The van der Waals surface area contributed by atoms with Gasteiger partial charge in [-0.25, -0.2) is 0 Å². The number of nitrogens with two attached hydrogens (primary N) is 1. The largest absolute Gasteiger partial charge is 0.342 e. The second-order valence-corrected chi connectivity index (χ2v) is 6.07. The van der Waals surface area contributed by atoms with Crippen LogP contribution < -0.4 is 5.73 Å². The number of amides is 1. The van der Waals surface area contributed by atoms with E-state index in [0.29, 0.717) is 12.3 Å². The second-order valence-electron chi connectivity index (χ2n) is 6.07. The first-order chi connectivity index (χ1) is 10.1. The lowest BCUT2D eigenvalue weighted by Crippen LogP contribution is -2.33. The Kier molecular flexibility index (Phi) is 5.76. The fraction of sp³-hybridized carbons (Fsp3) is 0.588. The highest BCUT2D eigenvalue weighted by atomic mass is 16.2. The lowest BCUT2D eigenvalue weighted by Gasteiger charge is -2.21. The molecular weight excluding hydrogens is 262 g/mol. The number of carbonyl (C=O) groups is 1. The highest BCUT2D eigenvalue weighted by Crippen LogP contribution is 2.21. The van der Waals surface area contributed by atoms with Gasteiger partial charge in [-0.2, -0.15) is 0 Å². The molecule has 0 bridgehead atoms. The summed E-state index contributed by atoms with van der Waals surface area (Å²) in [5.41, 5.74) is 7.18. The predicted octanol–water partition coefficient (Wildman–Crippen LogP) is 1.88. The van der Waals surface area contributed by atoms with Gasteiger partial charge in [0.2, 0.25) is 5.91 Å². The summed E-state index contributed by atoms with van der Waals surface area (Å²) in [5.74, 6) is 0.792. The van der Waals surface area contributed by atoms with Gasteiger partial charge in [0.05, 0.1) is 0 Å².